The van der Waals surface area contributed by atoms with Crippen molar-refractivity contribution in [3.63, 3.8) is 0 Å². The van der Waals surface area contributed by atoms with Crippen molar-refractivity contribution in [2.75, 3.05) is 13.2 Å². The second kappa shape index (κ2) is 12.1. The van der Waals surface area contributed by atoms with E-state index < -0.39 is 96.9 Å². The lowest BCUT2D eigenvalue weighted by Crippen LogP contribution is -2.63. The largest absolute Gasteiger partial charge is 0.463 e. The van der Waals surface area contributed by atoms with Crippen molar-refractivity contribution in [2.24, 2.45) is 0 Å². The van der Waals surface area contributed by atoms with Crippen LogP contribution in [-0.4, -0.2) is 110 Å². The molecule has 0 spiro atoms. The predicted molar refractivity (Wildman–Crippen MR) is 130 cm³/mol. The van der Waals surface area contributed by atoms with E-state index >= 15 is 0 Å². The minimum atomic E-state index is -1.37. The molecule has 41 heavy (non-hydrogen) atoms. The van der Waals surface area contributed by atoms with Gasteiger partial charge in [-0.15, -0.1) is 0 Å². The van der Waals surface area contributed by atoms with E-state index in [0.717, 1.165) is 20.8 Å². The molecule has 4 aliphatic rings. The Morgan fingerprint density at radius 1 is 0.585 bits per heavy atom. The average molecular weight is 591 g/mol. The molecule has 0 aromatic heterocycles. The SMILES string of the molecule is CC(=O)OCC1OC(OCC2OC3OC(C)(C)OC3C3OC(C)(C)OC23)C(OC(C)=O)C(OC(C)=O)C1OC(C)=O. The van der Waals surface area contributed by atoms with Crippen molar-refractivity contribution in [3.8, 4) is 0 Å². The van der Waals surface area contributed by atoms with Gasteiger partial charge in [-0.1, -0.05) is 0 Å². The van der Waals surface area contributed by atoms with E-state index in [1.54, 1.807) is 27.7 Å². The van der Waals surface area contributed by atoms with Crippen LogP contribution in [0.2, 0.25) is 0 Å². The average Bonchev–Trinajstić information content (AvgIpc) is 3.32. The number of hydrogen-bond acceptors (Lipinski definition) is 15. The highest BCUT2D eigenvalue weighted by Gasteiger charge is 2.61. The van der Waals surface area contributed by atoms with Crippen LogP contribution in [0.4, 0.5) is 0 Å². The van der Waals surface area contributed by atoms with Crippen LogP contribution in [0.5, 0.6) is 0 Å². The first kappa shape index (κ1) is 31.5. The van der Waals surface area contributed by atoms with Crippen LogP contribution in [0.15, 0.2) is 0 Å². The van der Waals surface area contributed by atoms with Crippen molar-refractivity contribution in [2.45, 2.75) is 128 Å². The third-order valence-corrected chi connectivity index (χ3v) is 6.62. The zero-order chi connectivity index (χ0) is 30.3. The molecule has 4 fully saturated rings. The molecule has 15 nitrogen and oxygen atoms in total. The summed E-state index contributed by atoms with van der Waals surface area (Å²) < 4.78 is 63.8. The van der Waals surface area contributed by atoms with E-state index in [1.165, 1.54) is 6.92 Å². The van der Waals surface area contributed by atoms with Gasteiger partial charge in [-0.3, -0.25) is 19.2 Å². The topological polar surface area (TPSA) is 170 Å². The summed E-state index contributed by atoms with van der Waals surface area (Å²) in [6, 6.07) is 0. The van der Waals surface area contributed by atoms with E-state index in [2.05, 4.69) is 0 Å². The molecular weight excluding hydrogens is 552 g/mol. The number of rotatable bonds is 8. The smallest absolute Gasteiger partial charge is 0.303 e. The van der Waals surface area contributed by atoms with Gasteiger partial charge < -0.3 is 52.1 Å². The van der Waals surface area contributed by atoms with Gasteiger partial charge in [0, 0.05) is 27.7 Å². The van der Waals surface area contributed by atoms with Crippen LogP contribution >= 0.6 is 0 Å². The van der Waals surface area contributed by atoms with Crippen molar-refractivity contribution < 1.29 is 71.3 Å². The van der Waals surface area contributed by atoms with E-state index in [4.69, 9.17) is 52.1 Å². The van der Waals surface area contributed by atoms with E-state index in [-0.39, 0.29) is 13.2 Å². The van der Waals surface area contributed by atoms with Crippen LogP contribution in [0, 0.1) is 0 Å². The van der Waals surface area contributed by atoms with Crippen molar-refractivity contribution >= 4 is 23.9 Å². The third kappa shape index (κ3) is 7.52. The summed E-state index contributed by atoms with van der Waals surface area (Å²) in [5, 5.41) is 0. The molecule has 0 radical (unpaired) electrons. The van der Waals surface area contributed by atoms with Crippen LogP contribution in [0.1, 0.15) is 55.4 Å². The fraction of sp³-hybridized carbons (Fsp3) is 0.846. The Hall–Kier alpha value is -2.40. The molecule has 0 aromatic carbocycles. The standard InChI is InChI=1S/C26H38O15/c1-11(27)31-9-15-17(33-12(2)28)19(34-13(3)29)21(35-14(4)30)23(36-15)32-10-16-18-20(39-25(5,6)38-18)22-24(37-16)41-26(7,8)40-22/h15-24H,9-10H2,1-8H3. The minimum absolute atomic E-state index is 0.179. The van der Waals surface area contributed by atoms with E-state index in [0.29, 0.717) is 0 Å². The van der Waals surface area contributed by atoms with E-state index in [9.17, 15) is 19.2 Å². The molecule has 10 unspecified atom stereocenters. The predicted octanol–water partition coefficient (Wildman–Crippen LogP) is 0.483. The lowest BCUT2D eigenvalue weighted by molar-refractivity contribution is -0.320. The third-order valence-electron chi connectivity index (χ3n) is 6.62. The number of hydrogen-bond donors (Lipinski definition) is 0. The Balaban J connectivity index is 1.59. The first-order valence-electron chi connectivity index (χ1n) is 13.3. The first-order valence-corrected chi connectivity index (χ1v) is 13.3. The summed E-state index contributed by atoms with van der Waals surface area (Å²) in [5.41, 5.74) is 0. The molecule has 0 bridgehead atoms. The Labute approximate surface area is 237 Å². The highest BCUT2D eigenvalue weighted by atomic mass is 16.9. The van der Waals surface area contributed by atoms with Crippen molar-refractivity contribution in [1.29, 1.82) is 0 Å². The molecule has 0 amide bonds. The second-order valence-corrected chi connectivity index (χ2v) is 11.1. The summed E-state index contributed by atoms with van der Waals surface area (Å²) in [5.74, 6) is -4.72. The molecule has 4 aliphatic heterocycles. The monoisotopic (exact) mass is 590 g/mol. The van der Waals surface area contributed by atoms with Gasteiger partial charge in [0.15, 0.2) is 42.5 Å². The summed E-state index contributed by atoms with van der Waals surface area (Å²) in [6.07, 6.45) is -9.82. The quantitative estimate of drug-likeness (QED) is 0.282. The fourth-order valence-corrected chi connectivity index (χ4v) is 5.34. The van der Waals surface area contributed by atoms with Gasteiger partial charge in [0.25, 0.3) is 0 Å². The maximum Gasteiger partial charge on any atom is 0.303 e. The molecular formula is C26H38O15. The molecule has 4 rings (SSSR count). The first-order chi connectivity index (χ1) is 19.0. The van der Waals surface area contributed by atoms with E-state index in [1.807, 2.05) is 0 Å². The molecule has 4 saturated heterocycles. The fourth-order valence-electron chi connectivity index (χ4n) is 5.34. The van der Waals surface area contributed by atoms with Gasteiger partial charge in [0.05, 0.1) is 6.61 Å². The second-order valence-electron chi connectivity index (χ2n) is 11.1. The molecule has 15 heteroatoms. The zero-order valence-electron chi connectivity index (χ0n) is 24.3. The molecule has 0 aliphatic carbocycles. The Morgan fingerprint density at radius 2 is 1.12 bits per heavy atom. The lowest BCUT2D eigenvalue weighted by atomic mass is 9.97. The molecule has 0 saturated carbocycles. The van der Waals surface area contributed by atoms with Gasteiger partial charge >= 0.3 is 23.9 Å². The van der Waals surface area contributed by atoms with Crippen LogP contribution in [0.3, 0.4) is 0 Å². The molecule has 10 atom stereocenters. The van der Waals surface area contributed by atoms with Gasteiger partial charge in [-0.05, 0) is 27.7 Å². The number of fused-ring (bicyclic) bond motifs is 3. The van der Waals surface area contributed by atoms with Gasteiger partial charge in [0.2, 0.25) is 0 Å². The Kier molecular flexibility index (Phi) is 9.28. The minimum Gasteiger partial charge on any atom is -0.463 e. The van der Waals surface area contributed by atoms with Gasteiger partial charge in [-0.2, -0.15) is 0 Å². The van der Waals surface area contributed by atoms with Gasteiger partial charge in [-0.25, -0.2) is 0 Å². The summed E-state index contributed by atoms with van der Waals surface area (Å²) in [7, 11) is 0. The van der Waals surface area contributed by atoms with Crippen LogP contribution in [0.25, 0.3) is 0 Å². The van der Waals surface area contributed by atoms with Crippen molar-refractivity contribution in [3.05, 3.63) is 0 Å². The maximum atomic E-state index is 12.1. The van der Waals surface area contributed by atoms with Crippen LogP contribution < -0.4 is 0 Å². The number of carbonyl (C=O) groups is 4. The molecule has 4 heterocycles. The highest BCUT2D eigenvalue weighted by molar-refractivity contribution is 5.68. The normalized spacial score (nSPS) is 38.7. The summed E-state index contributed by atoms with van der Waals surface area (Å²) in [6.45, 7) is 11.1. The number of ether oxygens (including phenoxy) is 11. The summed E-state index contributed by atoms with van der Waals surface area (Å²) in [4.78, 5) is 47.6. The summed E-state index contributed by atoms with van der Waals surface area (Å²) >= 11 is 0. The molecule has 0 aromatic rings. The van der Waals surface area contributed by atoms with Crippen LogP contribution in [-0.2, 0) is 71.3 Å². The number of esters is 4. The lowest BCUT2D eigenvalue weighted by Gasteiger charge is -2.44. The Bertz CT molecular complexity index is 1010. The highest BCUT2D eigenvalue weighted by Crippen LogP contribution is 2.44. The molecule has 0 N–H and O–H groups in total. The Morgan fingerprint density at radius 3 is 1.73 bits per heavy atom. The van der Waals surface area contributed by atoms with Gasteiger partial charge in [0.1, 0.15) is 37.1 Å². The number of carbonyl (C=O) groups excluding carboxylic acids is 4. The molecule has 232 valence electrons. The van der Waals surface area contributed by atoms with Crippen molar-refractivity contribution in [1.82, 2.24) is 0 Å². The maximum absolute atomic E-state index is 12.1. The zero-order valence-corrected chi connectivity index (χ0v) is 24.3.